The molecule has 0 heterocycles. The van der Waals surface area contributed by atoms with Gasteiger partial charge in [0.1, 0.15) is 11.5 Å². The van der Waals surface area contributed by atoms with Gasteiger partial charge in [0.15, 0.2) is 0 Å². The molecule has 2 rings (SSSR count). The number of ether oxygens (including phenoxy) is 2. The number of hydrogen-bond donors (Lipinski definition) is 0. The third-order valence-corrected chi connectivity index (χ3v) is 2.68. The fraction of sp³-hybridized carbons (Fsp3) is 0.200. The van der Waals surface area contributed by atoms with Crippen LogP contribution in [0.1, 0.15) is 12.5 Å². The van der Waals surface area contributed by atoms with Gasteiger partial charge in [-0.05, 0) is 32.0 Å². The molecule has 0 saturated carbocycles. The van der Waals surface area contributed by atoms with Crippen molar-refractivity contribution >= 4 is 5.69 Å². The van der Waals surface area contributed by atoms with E-state index >= 15 is 0 Å². The molecule has 0 aromatic heterocycles. The molecule has 5 nitrogen and oxygen atoms in total. The number of benzene rings is 2. The second-order valence-corrected chi connectivity index (χ2v) is 4.23. The van der Waals surface area contributed by atoms with E-state index in [-0.39, 0.29) is 11.4 Å². The van der Waals surface area contributed by atoms with Crippen LogP contribution in [0, 0.1) is 17.0 Å². The third kappa shape index (κ3) is 3.26. The van der Waals surface area contributed by atoms with Crippen molar-refractivity contribution < 1.29 is 14.4 Å². The average molecular weight is 273 g/mol. The Morgan fingerprint density at radius 2 is 1.75 bits per heavy atom. The SMILES string of the molecule is CCOc1cc(Oc2ccc(C)cc2)ccc1[N+](=O)[O-]. The second-order valence-electron chi connectivity index (χ2n) is 4.23. The van der Waals surface area contributed by atoms with Gasteiger partial charge in [0.25, 0.3) is 0 Å². The minimum Gasteiger partial charge on any atom is -0.487 e. The molecule has 104 valence electrons. The van der Waals surface area contributed by atoms with E-state index in [1.807, 2.05) is 31.2 Å². The summed E-state index contributed by atoms with van der Waals surface area (Å²) in [6.07, 6.45) is 0. The predicted molar refractivity (Wildman–Crippen MR) is 75.5 cm³/mol. The Labute approximate surface area is 116 Å². The molecule has 0 aliphatic heterocycles. The average Bonchev–Trinajstić information content (AvgIpc) is 2.42. The first-order chi connectivity index (χ1) is 9.60. The lowest BCUT2D eigenvalue weighted by atomic mass is 10.2. The van der Waals surface area contributed by atoms with Crippen LogP contribution >= 0.6 is 0 Å². The van der Waals surface area contributed by atoms with Gasteiger partial charge in [-0.25, -0.2) is 0 Å². The number of aryl methyl sites for hydroxylation is 1. The fourth-order valence-electron chi connectivity index (χ4n) is 1.72. The first kappa shape index (κ1) is 13.9. The smallest absolute Gasteiger partial charge is 0.311 e. The molecule has 0 unspecified atom stereocenters. The first-order valence-corrected chi connectivity index (χ1v) is 6.26. The highest BCUT2D eigenvalue weighted by Crippen LogP contribution is 2.33. The summed E-state index contributed by atoms with van der Waals surface area (Å²) in [6.45, 7) is 4.12. The van der Waals surface area contributed by atoms with Crippen molar-refractivity contribution in [3.8, 4) is 17.2 Å². The maximum Gasteiger partial charge on any atom is 0.311 e. The number of nitro groups is 1. The van der Waals surface area contributed by atoms with Crippen LogP contribution in [0.5, 0.6) is 17.2 Å². The first-order valence-electron chi connectivity index (χ1n) is 6.26. The largest absolute Gasteiger partial charge is 0.487 e. The normalized spacial score (nSPS) is 10.1. The molecule has 0 atom stereocenters. The number of nitrogens with zero attached hydrogens (tertiary/aromatic N) is 1. The minimum absolute atomic E-state index is 0.0666. The van der Waals surface area contributed by atoms with E-state index in [0.717, 1.165) is 5.56 Å². The molecule has 0 saturated heterocycles. The molecule has 0 aliphatic rings. The van der Waals surface area contributed by atoms with E-state index in [1.54, 1.807) is 13.0 Å². The molecule has 2 aromatic rings. The second kappa shape index (κ2) is 6.06. The van der Waals surface area contributed by atoms with E-state index in [0.29, 0.717) is 18.1 Å². The van der Waals surface area contributed by atoms with Gasteiger partial charge in [0.05, 0.1) is 11.5 Å². The quantitative estimate of drug-likeness (QED) is 0.608. The topological polar surface area (TPSA) is 61.6 Å². The molecule has 0 bridgehead atoms. The van der Waals surface area contributed by atoms with Crippen LogP contribution in [0.3, 0.4) is 0 Å². The summed E-state index contributed by atoms with van der Waals surface area (Å²) < 4.78 is 10.9. The van der Waals surface area contributed by atoms with Gasteiger partial charge < -0.3 is 9.47 Å². The zero-order valence-electron chi connectivity index (χ0n) is 11.3. The summed E-state index contributed by atoms with van der Waals surface area (Å²) >= 11 is 0. The maximum atomic E-state index is 10.9. The van der Waals surface area contributed by atoms with Crippen LogP contribution in [0.15, 0.2) is 42.5 Å². The number of nitro benzene ring substituents is 1. The monoisotopic (exact) mass is 273 g/mol. The van der Waals surface area contributed by atoms with Crippen molar-refractivity contribution in [1.82, 2.24) is 0 Å². The Morgan fingerprint density at radius 1 is 1.10 bits per heavy atom. The molecule has 2 aromatic carbocycles. The molecule has 0 fully saturated rings. The molecule has 20 heavy (non-hydrogen) atoms. The van der Waals surface area contributed by atoms with Gasteiger partial charge in [-0.1, -0.05) is 17.7 Å². The summed E-state index contributed by atoms with van der Waals surface area (Å²) in [7, 11) is 0. The number of hydrogen-bond acceptors (Lipinski definition) is 4. The fourth-order valence-corrected chi connectivity index (χ4v) is 1.72. The number of rotatable bonds is 5. The molecule has 0 amide bonds. The molecule has 0 radical (unpaired) electrons. The zero-order valence-corrected chi connectivity index (χ0v) is 11.3. The van der Waals surface area contributed by atoms with E-state index in [2.05, 4.69) is 0 Å². The third-order valence-electron chi connectivity index (χ3n) is 2.68. The molecule has 5 heteroatoms. The standard InChI is InChI=1S/C15H15NO4/c1-3-19-15-10-13(8-9-14(15)16(17)18)20-12-6-4-11(2)5-7-12/h4-10H,3H2,1-2H3. The van der Waals surface area contributed by atoms with Gasteiger partial charge in [-0.15, -0.1) is 0 Å². The van der Waals surface area contributed by atoms with E-state index in [9.17, 15) is 10.1 Å². The van der Waals surface area contributed by atoms with Crippen molar-refractivity contribution in [2.45, 2.75) is 13.8 Å². The molecule has 0 N–H and O–H groups in total. The van der Waals surface area contributed by atoms with Crippen molar-refractivity contribution in [1.29, 1.82) is 0 Å². The Balaban J connectivity index is 2.26. The van der Waals surface area contributed by atoms with Crippen LogP contribution in [-0.4, -0.2) is 11.5 Å². The Morgan fingerprint density at radius 3 is 2.35 bits per heavy atom. The summed E-state index contributed by atoms with van der Waals surface area (Å²) in [5, 5.41) is 10.9. The van der Waals surface area contributed by atoms with Crippen molar-refractivity contribution in [3.63, 3.8) is 0 Å². The van der Waals surface area contributed by atoms with Crippen LogP contribution in [0.2, 0.25) is 0 Å². The Bertz CT molecular complexity index is 608. The van der Waals surface area contributed by atoms with E-state index in [1.165, 1.54) is 12.1 Å². The lowest BCUT2D eigenvalue weighted by Gasteiger charge is -2.09. The van der Waals surface area contributed by atoms with Crippen LogP contribution in [0.4, 0.5) is 5.69 Å². The van der Waals surface area contributed by atoms with Crippen LogP contribution in [-0.2, 0) is 0 Å². The summed E-state index contributed by atoms with van der Waals surface area (Å²) in [4.78, 5) is 10.4. The van der Waals surface area contributed by atoms with Crippen molar-refractivity contribution in [2.75, 3.05) is 6.61 Å². The van der Waals surface area contributed by atoms with E-state index < -0.39 is 4.92 Å². The summed E-state index contributed by atoms with van der Waals surface area (Å²) in [5.74, 6) is 1.39. The molecule has 0 spiro atoms. The Hall–Kier alpha value is -2.56. The maximum absolute atomic E-state index is 10.9. The van der Waals surface area contributed by atoms with Gasteiger partial charge in [0.2, 0.25) is 5.75 Å². The molecule has 0 aliphatic carbocycles. The lowest BCUT2D eigenvalue weighted by molar-refractivity contribution is -0.385. The summed E-state index contributed by atoms with van der Waals surface area (Å²) in [6, 6.07) is 12.0. The van der Waals surface area contributed by atoms with Gasteiger partial charge in [-0.3, -0.25) is 10.1 Å². The Kier molecular flexibility index (Phi) is 4.20. The predicted octanol–water partition coefficient (Wildman–Crippen LogP) is 4.09. The van der Waals surface area contributed by atoms with Crippen molar-refractivity contribution in [3.05, 3.63) is 58.1 Å². The zero-order chi connectivity index (χ0) is 14.5. The van der Waals surface area contributed by atoms with Gasteiger partial charge in [-0.2, -0.15) is 0 Å². The highest BCUT2D eigenvalue weighted by Gasteiger charge is 2.16. The van der Waals surface area contributed by atoms with Crippen LogP contribution in [0.25, 0.3) is 0 Å². The van der Waals surface area contributed by atoms with Gasteiger partial charge >= 0.3 is 5.69 Å². The highest BCUT2D eigenvalue weighted by atomic mass is 16.6. The molecular formula is C15H15NO4. The van der Waals surface area contributed by atoms with Crippen molar-refractivity contribution in [2.24, 2.45) is 0 Å². The van der Waals surface area contributed by atoms with E-state index in [4.69, 9.17) is 9.47 Å². The van der Waals surface area contributed by atoms with Crippen LogP contribution < -0.4 is 9.47 Å². The summed E-state index contributed by atoms with van der Waals surface area (Å²) in [5.41, 5.74) is 1.07. The molecular weight excluding hydrogens is 258 g/mol. The highest BCUT2D eigenvalue weighted by molar-refractivity contribution is 5.51. The minimum atomic E-state index is -0.472. The lowest BCUT2D eigenvalue weighted by Crippen LogP contribution is -1.98. The van der Waals surface area contributed by atoms with Gasteiger partial charge in [0, 0.05) is 12.1 Å².